The molecule has 1 unspecified atom stereocenters. The lowest BCUT2D eigenvalue weighted by Crippen LogP contribution is -2.17. The minimum atomic E-state index is -1.17. The van der Waals surface area contributed by atoms with Crippen LogP contribution in [0.15, 0.2) is 78.9 Å². The van der Waals surface area contributed by atoms with Crippen LogP contribution in [0, 0.1) is 19.3 Å². The molecule has 0 aliphatic heterocycles. The number of aliphatic hydroxyl groups excluding tert-OH is 1. The number of rotatable bonds is 5. The standard InChI is InChI=1S/C25H19FN4O2/c1-16-13-23(30(29-16)20-10-6-8-18(15-20)27-2)25(32)28-19-9-5-7-17(14-19)24(31)21-11-3-4-12-22(21)26/h3-15,24,31H,1H3,(H,28,32). The fourth-order valence-electron chi connectivity index (χ4n) is 3.41. The number of aryl methyl sites for hydroxylation is 1. The molecule has 4 rings (SSSR count). The second-order valence-corrected chi connectivity index (χ2v) is 7.22. The van der Waals surface area contributed by atoms with Crippen molar-refractivity contribution in [3.05, 3.63) is 119 Å². The van der Waals surface area contributed by atoms with Crippen LogP contribution in [0.2, 0.25) is 0 Å². The molecular weight excluding hydrogens is 407 g/mol. The molecular formula is C25H19FN4O2. The van der Waals surface area contributed by atoms with E-state index in [0.29, 0.717) is 34.0 Å². The van der Waals surface area contributed by atoms with Crippen molar-refractivity contribution in [2.45, 2.75) is 13.0 Å². The number of halogens is 1. The fraction of sp³-hybridized carbons (Fsp3) is 0.0800. The summed E-state index contributed by atoms with van der Waals surface area (Å²) in [6, 6.07) is 21.1. The Morgan fingerprint density at radius 1 is 1.09 bits per heavy atom. The highest BCUT2D eigenvalue weighted by Crippen LogP contribution is 2.26. The van der Waals surface area contributed by atoms with Crippen molar-refractivity contribution >= 4 is 17.3 Å². The van der Waals surface area contributed by atoms with E-state index in [1.165, 1.54) is 16.8 Å². The van der Waals surface area contributed by atoms with Crippen molar-refractivity contribution in [1.29, 1.82) is 0 Å². The third-order valence-electron chi connectivity index (χ3n) is 4.93. The average Bonchev–Trinajstić information content (AvgIpc) is 3.21. The largest absolute Gasteiger partial charge is 0.384 e. The van der Waals surface area contributed by atoms with E-state index in [9.17, 15) is 14.3 Å². The van der Waals surface area contributed by atoms with Gasteiger partial charge < -0.3 is 10.4 Å². The summed E-state index contributed by atoms with van der Waals surface area (Å²) in [7, 11) is 0. The fourth-order valence-corrected chi connectivity index (χ4v) is 3.41. The predicted molar refractivity (Wildman–Crippen MR) is 119 cm³/mol. The van der Waals surface area contributed by atoms with Gasteiger partial charge in [0, 0.05) is 11.3 Å². The van der Waals surface area contributed by atoms with Gasteiger partial charge in [0.15, 0.2) is 5.69 Å². The Hall–Kier alpha value is -4.28. The molecule has 1 atom stereocenters. The molecule has 1 aromatic heterocycles. The highest BCUT2D eigenvalue weighted by atomic mass is 19.1. The number of aliphatic hydroxyl groups is 1. The van der Waals surface area contributed by atoms with Crippen molar-refractivity contribution < 1.29 is 14.3 Å². The first-order chi connectivity index (χ1) is 15.5. The molecule has 0 spiro atoms. The van der Waals surface area contributed by atoms with Crippen LogP contribution in [-0.2, 0) is 0 Å². The SMILES string of the molecule is [C-]#[N+]c1cccc(-n2nc(C)cc2C(=O)Nc2cccc(C(O)c3ccccc3F)c2)c1. The summed E-state index contributed by atoms with van der Waals surface area (Å²) >= 11 is 0. The van der Waals surface area contributed by atoms with Crippen LogP contribution >= 0.6 is 0 Å². The third-order valence-corrected chi connectivity index (χ3v) is 4.93. The van der Waals surface area contributed by atoms with E-state index in [4.69, 9.17) is 6.57 Å². The minimum Gasteiger partial charge on any atom is -0.384 e. The first-order valence-electron chi connectivity index (χ1n) is 9.84. The van der Waals surface area contributed by atoms with E-state index in [-0.39, 0.29) is 5.56 Å². The number of hydrogen-bond donors (Lipinski definition) is 2. The maximum Gasteiger partial charge on any atom is 0.274 e. The van der Waals surface area contributed by atoms with Gasteiger partial charge in [0.2, 0.25) is 0 Å². The van der Waals surface area contributed by atoms with Crippen molar-refractivity contribution in [2.75, 3.05) is 5.32 Å². The monoisotopic (exact) mass is 426 g/mol. The van der Waals surface area contributed by atoms with Crippen LogP contribution in [0.4, 0.5) is 15.8 Å². The summed E-state index contributed by atoms with van der Waals surface area (Å²) in [4.78, 5) is 16.4. The van der Waals surface area contributed by atoms with Crippen molar-refractivity contribution in [3.63, 3.8) is 0 Å². The summed E-state index contributed by atoms with van der Waals surface area (Å²) in [5, 5.41) is 17.8. The molecule has 6 nitrogen and oxygen atoms in total. The Labute approximate surface area is 184 Å². The lowest BCUT2D eigenvalue weighted by molar-refractivity contribution is 0.101. The molecule has 0 bridgehead atoms. The maximum atomic E-state index is 14.1. The second-order valence-electron chi connectivity index (χ2n) is 7.22. The molecule has 32 heavy (non-hydrogen) atoms. The summed E-state index contributed by atoms with van der Waals surface area (Å²) in [5.74, 6) is -0.910. The highest BCUT2D eigenvalue weighted by molar-refractivity contribution is 6.03. The molecule has 4 aromatic rings. The Balaban J connectivity index is 1.61. The van der Waals surface area contributed by atoms with E-state index < -0.39 is 17.8 Å². The van der Waals surface area contributed by atoms with Gasteiger partial charge in [-0.05, 0) is 48.9 Å². The van der Waals surface area contributed by atoms with Crippen LogP contribution in [0.3, 0.4) is 0 Å². The summed E-state index contributed by atoms with van der Waals surface area (Å²) in [6.07, 6.45) is -1.17. The number of carbonyl (C=O) groups is 1. The van der Waals surface area contributed by atoms with Gasteiger partial charge in [0.25, 0.3) is 5.91 Å². The van der Waals surface area contributed by atoms with Crippen LogP contribution < -0.4 is 5.32 Å². The van der Waals surface area contributed by atoms with E-state index >= 15 is 0 Å². The van der Waals surface area contributed by atoms with E-state index in [1.54, 1.807) is 73.7 Å². The van der Waals surface area contributed by atoms with Gasteiger partial charge in [0.05, 0.1) is 18.0 Å². The zero-order chi connectivity index (χ0) is 22.7. The zero-order valence-electron chi connectivity index (χ0n) is 17.2. The van der Waals surface area contributed by atoms with Gasteiger partial charge in [-0.2, -0.15) is 5.10 Å². The Morgan fingerprint density at radius 3 is 2.66 bits per heavy atom. The zero-order valence-corrected chi connectivity index (χ0v) is 17.2. The van der Waals surface area contributed by atoms with Crippen LogP contribution in [0.25, 0.3) is 10.5 Å². The molecule has 0 radical (unpaired) electrons. The number of nitrogens with zero attached hydrogens (tertiary/aromatic N) is 3. The average molecular weight is 426 g/mol. The van der Waals surface area contributed by atoms with Gasteiger partial charge in [-0.15, -0.1) is 0 Å². The van der Waals surface area contributed by atoms with E-state index in [1.807, 2.05) is 0 Å². The molecule has 2 N–H and O–H groups in total. The van der Waals surface area contributed by atoms with Gasteiger partial charge >= 0.3 is 0 Å². The topological polar surface area (TPSA) is 71.5 Å². The van der Waals surface area contributed by atoms with Gasteiger partial charge in [0.1, 0.15) is 17.6 Å². The minimum absolute atomic E-state index is 0.157. The molecule has 7 heteroatoms. The molecule has 0 aliphatic carbocycles. The van der Waals surface area contributed by atoms with Gasteiger partial charge in [-0.1, -0.05) is 42.5 Å². The Morgan fingerprint density at radius 2 is 1.88 bits per heavy atom. The molecule has 0 saturated heterocycles. The maximum absolute atomic E-state index is 14.1. The van der Waals surface area contributed by atoms with Crippen LogP contribution in [0.5, 0.6) is 0 Å². The highest BCUT2D eigenvalue weighted by Gasteiger charge is 2.18. The van der Waals surface area contributed by atoms with Crippen molar-refractivity contribution in [2.24, 2.45) is 0 Å². The number of benzene rings is 3. The van der Waals surface area contributed by atoms with Gasteiger partial charge in [-0.3, -0.25) is 4.79 Å². The number of nitrogens with one attached hydrogen (secondary N) is 1. The number of amides is 1. The van der Waals surface area contributed by atoms with Crippen LogP contribution in [0.1, 0.15) is 33.4 Å². The van der Waals surface area contributed by atoms with E-state index in [2.05, 4.69) is 15.3 Å². The normalized spacial score (nSPS) is 11.6. The second kappa shape index (κ2) is 8.84. The molecule has 1 heterocycles. The first kappa shape index (κ1) is 21.0. The molecule has 3 aromatic carbocycles. The smallest absolute Gasteiger partial charge is 0.274 e. The lowest BCUT2D eigenvalue weighted by Gasteiger charge is -2.14. The van der Waals surface area contributed by atoms with Gasteiger partial charge in [-0.25, -0.2) is 13.9 Å². The Bertz CT molecular complexity index is 1340. The third kappa shape index (κ3) is 4.26. The molecule has 0 aliphatic rings. The first-order valence-corrected chi connectivity index (χ1v) is 9.84. The van der Waals surface area contributed by atoms with Crippen molar-refractivity contribution in [3.8, 4) is 5.69 Å². The van der Waals surface area contributed by atoms with Crippen molar-refractivity contribution in [1.82, 2.24) is 9.78 Å². The molecule has 1 amide bonds. The lowest BCUT2D eigenvalue weighted by atomic mass is 10.0. The molecule has 158 valence electrons. The number of hydrogen-bond acceptors (Lipinski definition) is 3. The number of aromatic nitrogens is 2. The molecule has 0 fully saturated rings. The van der Waals surface area contributed by atoms with Crippen LogP contribution in [-0.4, -0.2) is 20.8 Å². The number of anilines is 1. The predicted octanol–water partition coefficient (Wildman–Crippen LogP) is 5.20. The summed E-state index contributed by atoms with van der Waals surface area (Å²) in [5.41, 5.74) is 3.03. The van der Waals surface area contributed by atoms with E-state index in [0.717, 1.165) is 0 Å². The molecule has 0 saturated carbocycles. The summed E-state index contributed by atoms with van der Waals surface area (Å²) in [6.45, 7) is 8.97. The quantitative estimate of drug-likeness (QED) is 0.431. The number of carbonyl (C=O) groups excluding carboxylic acids is 1. The summed E-state index contributed by atoms with van der Waals surface area (Å²) < 4.78 is 15.5. The Kier molecular flexibility index (Phi) is 5.79.